The summed E-state index contributed by atoms with van der Waals surface area (Å²) in [6, 6.07) is 15.3. The van der Waals surface area contributed by atoms with Crippen LogP contribution in [-0.2, 0) is 16.4 Å². The fraction of sp³-hybridized carbons (Fsp3) is 0.514. The lowest BCUT2D eigenvalue weighted by atomic mass is 9.51. The second-order valence-electron chi connectivity index (χ2n) is 14.1. The van der Waals surface area contributed by atoms with Gasteiger partial charge in [-0.25, -0.2) is 23.1 Å². The Hall–Kier alpha value is -3.30. The second-order valence-corrected chi connectivity index (χ2v) is 15.8. The molecular weight excluding hydrogens is 570 g/mol. The Morgan fingerprint density at radius 1 is 1.00 bits per heavy atom. The lowest BCUT2D eigenvalue weighted by molar-refractivity contribution is -0.0953. The first-order valence-electron chi connectivity index (χ1n) is 15.9. The monoisotopic (exact) mass is 615 g/mol. The highest BCUT2D eigenvalue weighted by atomic mass is 32.2. The molecule has 0 radical (unpaired) electrons. The van der Waals surface area contributed by atoms with Crippen molar-refractivity contribution in [2.75, 3.05) is 18.8 Å². The molecule has 0 saturated heterocycles. The minimum atomic E-state index is -4.04. The first-order chi connectivity index (χ1) is 20.8. The molecule has 234 valence electrons. The Balaban J connectivity index is 1.42. The summed E-state index contributed by atoms with van der Waals surface area (Å²) in [6.45, 7) is 8.49. The first-order valence-corrected chi connectivity index (χ1v) is 17.4. The summed E-state index contributed by atoms with van der Waals surface area (Å²) in [5.74, 6) is 0.361. The molecule has 1 atom stereocenters. The van der Waals surface area contributed by atoms with Crippen molar-refractivity contribution in [1.82, 2.24) is 19.8 Å². The van der Waals surface area contributed by atoms with Gasteiger partial charge in [-0.05, 0) is 120 Å². The molecule has 1 spiro atoms. The van der Waals surface area contributed by atoms with Crippen molar-refractivity contribution in [2.45, 2.75) is 95.7 Å². The molecule has 4 bridgehead atoms. The highest BCUT2D eigenvalue weighted by molar-refractivity contribution is 7.92. The number of anilines is 1. The molecule has 3 aliphatic rings. The molecule has 44 heavy (non-hydrogen) atoms. The lowest BCUT2D eigenvalue weighted by Crippen LogP contribution is -2.63. The average molecular weight is 616 g/mol. The molecule has 1 aromatic heterocycles. The smallest absolute Gasteiger partial charge is 0.264 e. The SMILES string of the molecule is Cc1cccc(C)c1-c1cc2nc(n1)NS(=O)(=O)c1cccc(c1)C(=O)N([C@H]1CC3(C[C@H](N(C)C)C3)C1)[C@H](CC(C)C)CC2. The van der Waals surface area contributed by atoms with Gasteiger partial charge in [0.2, 0.25) is 5.95 Å². The number of sulfonamides is 1. The molecule has 6 rings (SSSR count). The number of amides is 1. The molecule has 2 aliphatic carbocycles. The molecule has 2 fully saturated rings. The lowest BCUT2D eigenvalue weighted by Gasteiger charge is -2.62. The van der Waals surface area contributed by atoms with Gasteiger partial charge in [0, 0.05) is 34.9 Å². The topological polar surface area (TPSA) is 95.5 Å². The van der Waals surface area contributed by atoms with E-state index in [1.54, 1.807) is 12.1 Å². The van der Waals surface area contributed by atoms with Crippen LogP contribution in [0.15, 0.2) is 53.4 Å². The van der Waals surface area contributed by atoms with E-state index in [-0.39, 0.29) is 28.8 Å². The van der Waals surface area contributed by atoms with Crippen LogP contribution >= 0.6 is 0 Å². The number of nitrogens with one attached hydrogen (secondary N) is 1. The number of carbonyl (C=O) groups is 1. The summed E-state index contributed by atoms with van der Waals surface area (Å²) in [5, 5.41) is 0. The van der Waals surface area contributed by atoms with Crippen LogP contribution < -0.4 is 4.72 Å². The Morgan fingerprint density at radius 3 is 2.34 bits per heavy atom. The van der Waals surface area contributed by atoms with E-state index >= 15 is 0 Å². The maximum Gasteiger partial charge on any atom is 0.264 e. The van der Waals surface area contributed by atoms with Gasteiger partial charge in [0.15, 0.2) is 0 Å². The van der Waals surface area contributed by atoms with Crippen LogP contribution in [0.2, 0.25) is 0 Å². The van der Waals surface area contributed by atoms with Crippen LogP contribution in [0.4, 0.5) is 5.95 Å². The molecule has 2 saturated carbocycles. The van der Waals surface area contributed by atoms with Crippen molar-refractivity contribution < 1.29 is 13.2 Å². The van der Waals surface area contributed by atoms with E-state index in [1.807, 2.05) is 38.1 Å². The molecule has 8 nitrogen and oxygen atoms in total. The molecule has 1 amide bonds. The maximum atomic E-state index is 14.4. The van der Waals surface area contributed by atoms with E-state index in [9.17, 15) is 13.2 Å². The van der Waals surface area contributed by atoms with Gasteiger partial charge in [-0.3, -0.25) is 4.79 Å². The number of benzene rings is 2. The van der Waals surface area contributed by atoms with Gasteiger partial charge in [-0.2, -0.15) is 0 Å². The second kappa shape index (κ2) is 11.6. The number of rotatable bonds is 5. The summed E-state index contributed by atoms with van der Waals surface area (Å²) in [6.07, 6.45) is 6.58. The number of nitrogens with zero attached hydrogens (tertiary/aromatic N) is 4. The zero-order valence-electron chi connectivity index (χ0n) is 26.8. The molecule has 9 heteroatoms. The zero-order valence-corrected chi connectivity index (χ0v) is 27.6. The van der Waals surface area contributed by atoms with Gasteiger partial charge in [0.25, 0.3) is 15.9 Å². The number of hydrogen-bond acceptors (Lipinski definition) is 6. The van der Waals surface area contributed by atoms with E-state index in [2.05, 4.69) is 42.5 Å². The van der Waals surface area contributed by atoms with Crippen LogP contribution in [0.1, 0.15) is 79.6 Å². The van der Waals surface area contributed by atoms with Crippen molar-refractivity contribution in [3.63, 3.8) is 0 Å². The van der Waals surface area contributed by atoms with Gasteiger partial charge in [0.05, 0.1) is 10.6 Å². The third-order valence-corrected chi connectivity index (χ3v) is 11.4. The minimum Gasteiger partial charge on any atom is -0.333 e. The molecule has 2 heterocycles. The fourth-order valence-electron chi connectivity index (χ4n) is 7.78. The summed E-state index contributed by atoms with van der Waals surface area (Å²) >= 11 is 0. The Morgan fingerprint density at radius 2 is 1.68 bits per heavy atom. The number of carbonyl (C=O) groups excluding carboxylic acids is 1. The quantitative estimate of drug-likeness (QED) is 0.365. The largest absolute Gasteiger partial charge is 0.333 e. The number of aromatic nitrogens is 2. The van der Waals surface area contributed by atoms with Gasteiger partial charge in [-0.1, -0.05) is 38.1 Å². The molecule has 1 N–H and O–H groups in total. The van der Waals surface area contributed by atoms with Crippen LogP contribution in [0.5, 0.6) is 0 Å². The van der Waals surface area contributed by atoms with E-state index in [1.165, 1.54) is 25.0 Å². The summed E-state index contributed by atoms with van der Waals surface area (Å²) in [4.78, 5) is 28.3. The van der Waals surface area contributed by atoms with Gasteiger partial charge in [0.1, 0.15) is 0 Å². The van der Waals surface area contributed by atoms with Crippen LogP contribution in [0, 0.1) is 25.2 Å². The molecule has 3 aromatic rings. The number of hydrogen-bond donors (Lipinski definition) is 1. The van der Waals surface area contributed by atoms with Crippen LogP contribution in [0.3, 0.4) is 0 Å². The predicted molar refractivity (Wildman–Crippen MR) is 174 cm³/mol. The zero-order chi connectivity index (χ0) is 31.4. The Bertz CT molecular complexity index is 1650. The van der Waals surface area contributed by atoms with E-state index in [0.29, 0.717) is 35.1 Å². The summed E-state index contributed by atoms with van der Waals surface area (Å²) in [5.41, 5.74) is 5.30. The van der Waals surface area contributed by atoms with Gasteiger partial charge < -0.3 is 9.80 Å². The third-order valence-electron chi connectivity index (χ3n) is 10.0. The number of fused-ring (bicyclic) bond motifs is 4. The van der Waals surface area contributed by atoms with Crippen molar-refractivity contribution in [2.24, 2.45) is 11.3 Å². The normalized spacial score (nSPS) is 26.3. The molecule has 0 unspecified atom stereocenters. The average Bonchev–Trinajstić information content (AvgIpc) is 2.90. The van der Waals surface area contributed by atoms with Gasteiger partial charge >= 0.3 is 0 Å². The molecule has 2 aromatic carbocycles. The highest BCUT2D eigenvalue weighted by Crippen LogP contribution is 2.58. The molecular formula is C35H45N5O3S. The summed E-state index contributed by atoms with van der Waals surface area (Å²) < 4.78 is 29.9. The van der Waals surface area contributed by atoms with Crippen molar-refractivity contribution in [3.05, 3.63) is 70.9 Å². The maximum absolute atomic E-state index is 14.4. The van der Waals surface area contributed by atoms with Crippen molar-refractivity contribution in [3.8, 4) is 11.3 Å². The Labute approximate surface area is 262 Å². The van der Waals surface area contributed by atoms with E-state index in [4.69, 9.17) is 9.97 Å². The summed E-state index contributed by atoms with van der Waals surface area (Å²) in [7, 11) is 0.254. The fourth-order valence-corrected chi connectivity index (χ4v) is 8.77. The van der Waals surface area contributed by atoms with Gasteiger partial charge in [-0.15, -0.1) is 0 Å². The van der Waals surface area contributed by atoms with Crippen LogP contribution in [0.25, 0.3) is 11.3 Å². The number of aryl methyl sites for hydroxylation is 3. The minimum absolute atomic E-state index is 0.00519. The third kappa shape index (κ3) is 5.88. The van der Waals surface area contributed by atoms with E-state index < -0.39 is 10.0 Å². The first kappa shape index (κ1) is 30.7. The highest BCUT2D eigenvalue weighted by Gasteiger charge is 2.56. The van der Waals surface area contributed by atoms with Crippen LogP contribution in [-0.4, -0.2) is 66.3 Å². The Kier molecular flexibility index (Phi) is 8.07. The molecule has 1 aliphatic heterocycles. The standard InChI is InChI=1S/C35H45N5O3S/c1-22(2)15-27-14-13-26-17-31(32-23(3)9-7-10-24(32)4)37-34(36-26)38-44(42,43)30-12-8-11-25(16-30)33(41)40(27)29-20-35(21-29)18-28(19-35)39(5)6/h7-12,16-17,22,27-29H,13-15,18-21H2,1-6H3,(H,36,37,38)/t27-,28-,29-,35?/m0/s1. The van der Waals surface area contributed by atoms with Crippen molar-refractivity contribution >= 4 is 21.9 Å². The predicted octanol–water partition coefficient (Wildman–Crippen LogP) is 6.24. The van der Waals surface area contributed by atoms with E-state index in [0.717, 1.165) is 48.1 Å². The van der Waals surface area contributed by atoms with Crippen molar-refractivity contribution in [1.29, 1.82) is 0 Å².